The molecule has 0 bridgehead atoms. The zero-order chi connectivity index (χ0) is 14.1. The van der Waals surface area contributed by atoms with E-state index < -0.39 is 6.09 Å². The maximum absolute atomic E-state index is 11.9. The highest BCUT2D eigenvalue weighted by Crippen LogP contribution is 2.03. The van der Waals surface area contributed by atoms with Gasteiger partial charge in [-0.05, 0) is 12.0 Å². The Balaban J connectivity index is 2.50. The Hall–Kier alpha value is -2.04. The first-order valence-electron chi connectivity index (χ1n) is 6.33. The van der Waals surface area contributed by atoms with Gasteiger partial charge in [0.15, 0.2) is 0 Å². The van der Waals surface area contributed by atoms with Crippen molar-refractivity contribution >= 4 is 12.0 Å². The van der Waals surface area contributed by atoms with Crippen molar-refractivity contribution in [2.24, 2.45) is 0 Å². The lowest BCUT2D eigenvalue weighted by molar-refractivity contribution is -0.121. The van der Waals surface area contributed by atoms with E-state index >= 15 is 0 Å². The van der Waals surface area contributed by atoms with Crippen LogP contribution in [0.1, 0.15) is 18.9 Å². The number of carbonyl (C=O) groups is 2. The van der Waals surface area contributed by atoms with Crippen molar-refractivity contribution in [1.29, 1.82) is 0 Å². The van der Waals surface area contributed by atoms with Crippen molar-refractivity contribution in [3.63, 3.8) is 0 Å². The van der Waals surface area contributed by atoms with Gasteiger partial charge in [0.2, 0.25) is 5.91 Å². The lowest BCUT2D eigenvalue weighted by atomic mass is 10.2. The summed E-state index contributed by atoms with van der Waals surface area (Å²) in [5.41, 5.74) is 0.923. The molecule has 1 rings (SSSR count). The summed E-state index contributed by atoms with van der Waals surface area (Å²) in [6.07, 6.45) is 0.312. The maximum Gasteiger partial charge on any atom is 0.410 e. The summed E-state index contributed by atoms with van der Waals surface area (Å²) >= 11 is 0. The van der Waals surface area contributed by atoms with E-state index in [0.29, 0.717) is 6.54 Å². The molecule has 0 aliphatic rings. The van der Waals surface area contributed by atoms with E-state index in [2.05, 4.69) is 5.32 Å². The highest BCUT2D eigenvalue weighted by Gasteiger charge is 2.16. The van der Waals surface area contributed by atoms with Gasteiger partial charge >= 0.3 is 6.09 Å². The SMILES string of the molecule is CCCN(CC(=O)NC)C(=O)OCc1ccccc1. The zero-order valence-electron chi connectivity index (χ0n) is 11.4. The number of likely N-dealkylation sites (N-methyl/N-ethyl adjacent to an activating group) is 1. The summed E-state index contributed by atoms with van der Waals surface area (Å²) in [6.45, 7) is 2.69. The van der Waals surface area contributed by atoms with Crippen molar-refractivity contribution in [3.8, 4) is 0 Å². The number of hydrogen-bond donors (Lipinski definition) is 1. The minimum Gasteiger partial charge on any atom is -0.445 e. The predicted octanol–water partition coefficient (Wildman–Crippen LogP) is 1.78. The van der Waals surface area contributed by atoms with E-state index in [0.717, 1.165) is 12.0 Å². The molecule has 1 N–H and O–H groups in total. The predicted molar refractivity (Wildman–Crippen MR) is 72.6 cm³/mol. The summed E-state index contributed by atoms with van der Waals surface area (Å²) in [5.74, 6) is -0.204. The van der Waals surface area contributed by atoms with Crippen LogP contribution in [0.4, 0.5) is 4.79 Å². The van der Waals surface area contributed by atoms with E-state index in [1.165, 1.54) is 4.90 Å². The Kier molecular flexibility index (Phi) is 6.43. The molecule has 0 saturated heterocycles. The average Bonchev–Trinajstić information content (AvgIpc) is 2.45. The molecule has 0 fully saturated rings. The molecular formula is C14H20N2O3. The van der Waals surface area contributed by atoms with Crippen LogP contribution in [0.5, 0.6) is 0 Å². The normalized spacial score (nSPS) is 9.79. The first-order valence-corrected chi connectivity index (χ1v) is 6.33. The van der Waals surface area contributed by atoms with Crippen LogP contribution in [0.2, 0.25) is 0 Å². The molecule has 5 heteroatoms. The van der Waals surface area contributed by atoms with E-state index in [4.69, 9.17) is 4.74 Å². The summed E-state index contributed by atoms with van der Waals surface area (Å²) in [7, 11) is 1.54. The summed E-state index contributed by atoms with van der Waals surface area (Å²) in [4.78, 5) is 24.6. The van der Waals surface area contributed by atoms with Crippen molar-refractivity contribution in [2.45, 2.75) is 20.0 Å². The smallest absolute Gasteiger partial charge is 0.410 e. The molecule has 0 aromatic heterocycles. The van der Waals surface area contributed by atoms with Gasteiger partial charge in [0, 0.05) is 13.6 Å². The van der Waals surface area contributed by atoms with Crippen LogP contribution in [0.3, 0.4) is 0 Å². The second-order valence-electron chi connectivity index (χ2n) is 4.13. The minimum atomic E-state index is -0.464. The molecule has 0 heterocycles. The molecule has 0 unspecified atom stereocenters. The molecular weight excluding hydrogens is 244 g/mol. The van der Waals surface area contributed by atoms with Crippen LogP contribution in [0.15, 0.2) is 30.3 Å². The quantitative estimate of drug-likeness (QED) is 0.852. The van der Waals surface area contributed by atoms with Gasteiger partial charge in [-0.3, -0.25) is 9.69 Å². The molecule has 1 aromatic carbocycles. The zero-order valence-corrected chi connectivity index (χ0v) is 11.4. The third-order valence-corrected chi connectivity index (χ3v) is 2.57. The Bertz CT molecular complexity index is 406. The molecule has 0 aliphatic carbocycles. The lowest BCUT2D eigenvalue weighted by Gasteiger charge is -2.20. The maximum atomic E-state index is 11.9. The fraction of sp³-hybridized carbons (Fsp3) is 0.429. The molecule has 0 saturated carbocycles. The number of nitrogens with zero attached hydrogens (tertiary/aromatic N) is 1. The fourth-order valence-corrected chi connectivity index (χ4v) is 1.57. The summed E-state index contributed by atoms with van der Waals surface area (Å²) in [5, 5.41) is 2.49. The molecule has 5 nitrogen and oxygen atoms in total. The van der Waals surface area contributed by atoms with Gasteiger partial charge in [-0.2, -0.15) is 0 Å². The molecule has 0 radical (unpaired) electrons. The Labute approximate surface area is 113 Å². The number of nitrogens with one attached hydrogen (secondary N) is 1. The van der Waals surface area contributed by atoms with Gasteiger partial charge in [0.05, 0.1) is 0 Å². The molecule has 2 amide bonds. The number of carbonyl (C=O) groups excluding carboxylic acids is 2. The van der Waals surface area contributed by atoms with Gasteiger partial charge in [0.1, 0.15) is 13.2 Å². The van der Waals surface area contributed by atoms with Crippen LogP contribution in [-0.4, -0.2) is 37.0 Å². The largest absolute Gasteiger partial charge is 0.445 e. The van der Waals surface area contributed by atoms with E-state index in [1.807, 2.05) is 37.3 Å². The molecule has 1 aromatic rings. The number of ether oxygens (including phenoxy) is 1. The van der Waals surface area contributed by atoms with Crippen molar-refractivity contribution in [2.75, 3.05) is 20.1 Å². The van der Waals surface area contributed by atoms with Crippen LogP contribution in [0, 0.1) is 0 Å². The highest BCUT2D eigenvalue weighted by atomic mass is 16.6. The average molecular weight is 264 g/mol. The lowest BCUT2D eigenvalue weighted by Crippen LogP contribution is -2.40. The van der Waals surface area contributed by atoms with Crippen LogP contribution < -0.4 is 5.32 Å². The van der Waals surface area contributed by atoms with Crippen LogP contribution in [-0.2, 0) is 16.1 Å². The molecule has 0 atom stereocenters. The van der Waals surface area contributed by atoms with Gasteiger partial charge in [0.25, 0.3) is 0 Å². The minimum absolute atomic E-state index is 0.0258. The molecule has 19 heavy (non-hydrogen) atoms. The molecule has 0 spiro atoms. The highest BCUT2D eigenvalue weighted by molar-refractivity contribution is 5.81. The van der Waals surface area contributed by atoms with E-state index in [-0.39, 0.29) is 19.1 Å². The molecule has 0 aliphatic heterocycles. The van der Waals surface area contributed by atoms with Crippen molar-refractivity contribution in [1.82, 2.24) is 10.2 Å². The van der Waals surface area contributed by atoms with Crippen LogP contribution >= 0.6 is 0 Å². The monoisotopic (exact) mass is 264 g/mol. The number of hydrogen-bond acceptors (Lipinski definition) is 3. The Morgan fingerprint density at radius 3 is 2.53 bits per heavy atom. The number of rotatable bonds is 6. The fourth-order valence-electron chi connectivity index (χ4n) is 1.57. The van der Waals surface area contributed by atoms with Gasteiger partial charge in [-0.25, -0.2) is 4.79 Å². The van der Waals surface area contributed by atoms with Gasteiger partial charge in [-0.1, -0.05) is 37.3 Å². The van der Waals surface area contributed by atoms with E-state index in [9.17, 15) is 9.59 Å². The summed E-state index contributed by atoms with van der Waals surface area (Å²) < 4.78 is 5.20. The third kappa shape index (κ3) is 5.42. The molecule has 104 valence electrons. The number of amides is 2. The van der Waals surface area contributed by atoms with Crippen LogP contribution in [0.25, 0.3) is 0 Å². The Morgan fingerprint density at radius 1 is 1.26 bits per heavy atom. The second kappa shape index (κ2) is 8.13. The third-order valence-electron chi connectivity index (χ3n) is 2.57. The number of benzene rings is 1. The van der Waals surface area contributed by atoms with Gasteiger partial charge < -0.3 is 10.1 Å². The first-order chi connectivity index (χ1) is 9.17. The van der Waals surface area contributed by atoms with Gasteiger partial charge in [-0.15, -0.1) is 0 Å². The summed E-state index contributed by atoms with van der Waals surface area (Å²) in [6, 6.07) is 9.45. The van der Waals surface area contributed by atoms with Crippen molar-refractivity contribution in [3.05, 3.63) is 35.9 Å². The standard InChI is InChI=1S/C14H20N2O3/c1-3-9-16(10-13(17)15-2)14(18)19-11-12-7-5-4-6-8-12/h4-8H,3,9-11H2,1-2H3,(H,15,17). The topological polar surface area (TPSA) is 58.6 Å². The second-order valence-corrected chi connectivity index (χ2v) is 4.13. The Morgan fingerprint density at radius 2 is 1.95 bits per heavy atom. The first kappa shape index (κ1) is 15.0. The van der Waals surface area contributed by atoms with E-state index in [1.54, 1.807) is 7.05 Å². The van der Waals surface area contributed by atoms with Crippen molar-refractivity contribution < 1.29 is 14.3 Å².